The number of ether oxygens (including phenoxy) is 2. The minimum absolute atomic E-state index is 0.119. The third-order valence-electron chi connectivity index (χ3n) is 5.39. The molecule has 2 aliphatic heterocycles. The van der Waals surface area contributed by atoms with Crippen LogP contribution in [0.15, 0.2) is 58.8 Å². The molecule has 2 aliphatic rings. The maximum Gasteiger partial charge on any atom is 0.270 e. The molecule has 10 heteroatoms. The smallest absolute Gasteiger partial charge is 0.270 e. The zero-order valence-electron chi connectivity index (χ0n) is 17.1. The van der Waals surface area contributed by atoms with Gasteiger partial charge in [0, 0.05) is 24.0 Å². The van der Waals surface area contributed by atoms with E-state index >= 15 is 0 Å². The molecule has 0 spiro atoms. The number of carbonyl (C=O) groups is 1. The lowest BCUT2D eigenvalue weighted by atomic mass is 10.2. The first-order chi connectivity index (χ1) is 15.5. The molecule has 3 aromatic rings. The van der Waals surface area contributed by atoms with E-state index in [9.17, 15) is 13.2 Å². The van der Waals surface area contributed by atoms with Crippen LogP contribution >= 0.6 is 11.3 Å². The van der Waals surface area contributed by atoms with E-state index in [4.69, 9.17) is 9.47 Å². The molecular formula is C22H21N3O5S2. The standard InChI is InChI=1S/C22H21N3O5S2/c26-21(20-13-29-18-5-1-2-6-19(18)30-20)24-22-23-17(14-31-22)15-7-9-16(10-8-15)32(27,28)25-11-3-4-12-25/h1-2,5-10,14,20H,3-4,11-13H2,(H,23,24,26)/t20-/m1/s1. The fraction of sp³-hybridized carbons (Fsp3) is 0.273. The molecule has 2 aromatic carbocycles. The van der Waals surface area contributed by atoms with Gasteiger partial charge in [0.1, 0.15) is 6.61 Å². The van der Waals surface area contributed by atoms with E-state index in [1.807, 2.05) is 17.5 Å². The number of nitrogens with zero attached hydrogens (tertiary/aromatic N) is 2. The lowest BCUT2D eigenvalue weighted by molar-refractivity contribution is -0.125. The maximum atomic E-state index is 12.7. The Morgan fingerprint density at radius 2 is 1.78 bits per heavy atom. The normalized spacial score (nSPS) is 18.4. The van der Waals surface area contributed by atoms with E-state index in [0.29, 0.717) is 35.4 Å². The largest absolute Gasteiger partial charge is 0.485 e. The van der Waals surface area contributed by atoms with Crippen LogP contribution in [0.2, 0.25) is 0 Å². The van der Waals surface area contributed by atoms with Crippen molar-refractivity contribution in [2.24, 2.45) is 0 Å². The molecule has 32 heavy (non-hydrogen) atoms. The molecule has 0 aliphatic carbocycles. The summed E-state index contributed by atoms with van der Waals surface area (Å²) in [6, 6.07) is 13.9. The van der Waals surface area contributed by atoms with Gasteiger partial charge in [-0.1, -0.05) is 24.3 Å². The molecule has 0 unspecified atom stereocenters. The number of amides is 1. The van der Waals surface area contributed by atoms with E-state index in [2.05, 4.69) is 10.3 Å². The fourth-order valence-electron chi connectivity index (χ4n) is 3.67. The molecule has 1 amide bonds. The molecule has 1 aromatic heterocycles. The molecule has 0 saturated carbocycles. The van der Waals surface area contributed by atoms with Crippen molar-refractivity contribution >= 4 is 32.4 Å². The molecule has 3 heterocycles. The summed E-state index contributed by atoms with van der Waals surface area (Å²) in [4.78, 5) is 17.3. The van der Waals surface area contributed by atoms with Gasteiger partial charge in [0.2, 0.25) is 16.1 Å². The van der Waals surface area contributed by atoms with Crippen molar-refractivity contribution in [3.05, 3.63) is 53.9 Å². The summed E-state index contributed by atoms with van der Waals surface area (Å²) in [5.74, 6) is 0.804. The Hall–Kier alpha value is -2.95. The van der Waals surface area contributed by atoms with Crippen LogP contribution < -0.4 is 14.8 Å². The summed E-state index contributed by atoms with van der Waals surface area (Å²) in [7, 11) is -3.45. The van der Waals surface area contributed by atoms with Gasteiger partial charge in [-0.2, -0.15) is 4.31 Å². The van der Waals surface area contributed by atoms with Gasteiger partial charge in [-0.3, -0.25) is 10.1 Å². The van der Waals surface area contributed by atoms with Crippen LogP contribution in [-0.4, -0.2) is 49.4 Å². The minimum Gasteiger partial charge on any atom is -0.485 e. The van der Waals surface area contributed by atoms with Gasteiger partial charge in [0.05, 0.1) is 10.6 Å². The zero-order chi connectivity index (χ0) is 22.1. The van der Waals surface area contributed by atoms with Crippen LogP contribution in [0.5, 0.6) is 11.5 Å². The fourth-order valence-corrected chi connectivity index (χ4v) is 5.91. The topological polar surface area (TPSA) is 97.8 Å². The Morgan fingerprint density at radius 1 is 1.06 bits per heavy atom. The summed E-state index contributed by atoms with van der Waals surface area (Å²) in [6.45, 7) is 1.26. The van der Waals surface area contributed by atoms with Crippen LogP contribution in [0, 0.1) is 0 Å². The second kappa shape index (κ2) is 8.53. The molecule has 1 N–H and O–H groups in total. The van der Waals surface area contributed by atoms with Gasteiger partial charge in [-0.25, -0.2) is 13.4 Å². The number of anilines is 1. The number of para-hydroxylation sites is 2. The van der Waals surface area contributed by atoms with Crippen LogP contribution in [0.1, 0.15) is 12.8 Å². The highest BCUT2D eigenvalue weighted by molar-refractivity contribution is 7.89. The van der Waals surface area contributed by atoms with Crippen molar-refractivity contribution in [1.29, 1.82) is 0 Å². The maximum absolute atomic E-state index is 12.7. The number of rotatable bonds is 5. The highest BCUT2D eigenvalue weighted by atomic mass is 32.2. The number of hydrogen-bond acceptors (Lipinski definition) is 7. The summed E-state index contributed by atoms with van der Waals surface area (Å²) in [5.41, 5.74) is 1.43. The van der Waals surface area contributed by atoms with Gasteiger partial charge < -0.3 is 9.47 Å². The second-order valence-electron chi connectivity index (χ2n) is 7.53. The summed E-state index contributed by atoms with van der Waals surface area (Å²) < 4.78 is 38.2. The summed E-state index contributed by atoms with van der Waals surface area (Å²) in [6.07, 6.45) is 1.02. The van der Waals surface area contributed by atoms with Crippen molar-refractivity contribution in [3.63, 3.8) is 0 Å². The molecule has 1 atom stereocenters. The predicted octanol–water partition coefficient (Wildman–Crippen LogP) is 3.37. The average molecular weight is 472 g/mol. The number of aromatic nitrogens is 1. The number of sulfonamides is 1. The van der Waals surface area contributed by atoms with Crippen molar-refractivity contribution < 1.29 is 22.7 Å². The highest BCUT2D eigenvalue weighted by Gasteiger charge is 2.29. The quantitative estimate of drug-likeness (QED) is 0.613. The Morgan fingerprint density at radius 3 is 2.53 bits per heavy atom. The van der Waals surface area contributed by atoms with Crippen LogP contribution in [0.25, 0.3) is 11.3 Å². The van der Waals surface area contributed by atoms with Gasteiger partial charge in [0.15, 0.2) is 16.6 Å². The summed E-state index contributed by atoms with van der Waals surface area (Å²) >= 11 is 1.29. The van der Waals surface area contributed by atoms with E-state index < -0.39 is 16.1 Å². The van der Waals surface area contributed by atoms with Crippen LogP contribution in [-0.2, 0) is 14.8 Å². The SMILES string of the molecule is O=C(Nc1nc(-c2ccc(S(=O)(=O)N3CCCC3)cc2)cs1)[C@H]1COc2ccccc2O1. The second-order valence-corrected chi connectivity index (χ2v) is 10.3. The predicted molar refractivity (Wildman–Crippen MR) is 121 cm³/mol. The van der Waals surface area contributed by atoms with Crippen LogP contribution in [0.3, 0.4) is 0 Å². The molecule has 8 nitrogen and oxygen atoms in total. The zero-order valence-corrected chi connectivity index (χ0v) is 18.7. The van der Waals surface area contributed by atoms with Gasteiger partial charge in [0.25, 0.3) is 5.91 Å². The lowest BCUT2D eigenvalue weighted by Gasteiger charge is -2.25. The Bertz CT molecular complexity index is 1230. The van der Waals surface area contributed by atoms with E-state index in [1.165, 1.54) is 15.6 Å². The van der Waals surface area contributed by atoms with Crippen molar-refractivity contribution in [2.45, 2.75) is 23.8 Å². The first-order valence-corrected chi connectivity index (χ1v) is 12.6. The minimum atomic E-state index is -3.45. The third-order valence-corrected chi connectivity index (χ3v) is 8.06. The Kier molecular flexibility index (Phi) is 5.58. The van der Waals surface area contributed by atoms with Crippen molar-refractivity contribution in [2.75, 3.05) is 25.0 Å². The monoisotopic (exact) mass is 471 g/mol. The van der Waals surface area contributed by atoms with E-state index in [-0.39, 0.29) is 17.4 Å². The van der Waals surface area contributed by atoms with Crippen molar-refractivity contribution in [3.8, 4) is 22.8 Å². The molecule has 1 saturated heterocycles. The highest BCUT2D eigenvalue weighted by Crippen LogP contribution is 2.32. The van der Waals surface area contributed by atoms with Crippen molar-refractivity contribution in [1.82, 2.24) is 9.29 Å². The first-order valence-electron chi connectivity index (χ1n) is 10.3. The number of thiazole rings is 1. The van der Waals surface area contributed by atoms with Gasteiger partial charge in [-0.15, -0.1) is 11.3 Å². The number of carbonyl (C=O) groups excluding carboxylic acids is 1. The average Bonchev–Trinajstić information content (AvgIpc) is 3.52. The Labute approximate surface area is 189 Å². The molecule has 166 valence electrons. The molecule has 1 fully saturated rings. The van der Waals surface area contributed by atoms with Gasteiger partial charge in [-0.05, 0) is 37.1 Å². The third kappa shape index (κ3) is 4.08. The lowest BCUT2D eigenvalue weighted by Crippen LogP contribution is -2.40. The molecule has 5 rings (SSSR count). The number of fused-ring (bicyclic) bond motifs is 1. The molecule has 0 bridgehead atoms. The van der Waals surface area contributed by atoms with E-state index in [1.54, 1.807) is 36.4 Å². The van der Waals surface area contributed by atoms with Crippen LogP contribution in [0.4, 0.5) is 5.13 Å². The number of benzene rings is 2. The first kappa shape index (κ1) is 20.9. The molecule has 0 radical (unpaired) electrons. The molecular weight excluding hydrogens is 450 g/mol. The van der Waals surface area contributed by atoms with Gasteiger partial charge >= 0.3 is 0 Å². The summed E-state index contributed by atoms with van der Waals surface area (Å²) in [5, 5.41) is 5.01. The Balaban J connectivity index is 1.25. The number of hydrogen-bond donors (Lipinski definition) is 1. The number of nitrogens with one attached hydrogen (secondary N) is 1. The van der Waals surface area contributed by atoms with E-state index in [0.717, 1.165) is 18.4 Å².